The van der Waals surface area contributed by atoms with Crippen molar-refractivity contribution < 1.29 is 14.3 Å². The third-order valence-electron chi connectivity index (χ3n) is 2.06. The van der Waals surface area contributed by atoms with Gasteiger partial charge in [-0.25, -0.2) is 4.79 Å². The van der Waals surface area contributed by atoms with Gasteiger partial charge in [0.2, 0.25) is 0 Å². The average molecular weight is 168 g/mol. The van der Waals surface area contributed by atoms with Crippen LogP contribution in [0.1, 0.15) is 25.7 Å². The van der Waals surface area contributed by atoms with Crippen LogP contribution in [-0.4, -0.2) is 11.9 Å². The zero-order valence-electron chi connectivity index (χ0n) is 6.91. The van der Waals surface area contributed by atoms with Crippen molar-refractivity contribution in [1.82, 2.24) is 0 Å². The minimum absolute atomic E-state index is 0.0612. The van der Waals surface area contributed by atoms with Crippen LogP contribution in [0.25, 0.3) is 0 Å². The predicted molar refractivity (Wildman–Crippen MR) is 43.3 cm³/mol. The summed E-state index contributed by atoms with van der Waals surface area (Å²) in [5, 5.41) is 0. The predicted octanol–water partition coefficient (Wildman–Crippen LogP) is 1.43. The molecule has 0 bridgehead atoms. The topological polar surface area (TPSA) is 43.4 Å². The van der Waals surface area contributed by atoms with Gasteiger partial charge in [-0.1, -0.05) is 19.4 Å². The van der Waals surface area contributed by atoms with E-state index < -0.39 is 11.9 Å². The first-order chi connectivity index (χ1) is 5.74. The summed E-state index contributed by atoms with van der Waals surface area (Å²) in [6.45, 7) is 3.21. The Morgan fingerprint density at radius 3 is 2.42 bits per heavy atom. The maximum absolute atomic E-state index is 11.1. The van der Waals surface area contributed by atoms with Crippen LogP contribution >= 0.6 is 0 Å². The molecule has 1 saturated carbocycles. The van der Waals surface area contributed by atoms with Crippen LogP contribution in [-0.2, 0) is 14.3 Å². The summed E-state index contributed by atoms with van der Waals surface area (Å²) in [4.78, 5) is 21.7. The molecule has 0 unspecified atom stereocenters. The van der Waals surface area contributed by atoms with Crippen LogP contribution in [0.3, 0.4) is 0 Å². The first kappa shape index (κ1) is 8.97. The van der Waals surface area contributed by atoms with Crippen LogP contribution in [0.4, 0.5) is 0 Å². The van der Waals surface area contributed by atoms with Crippen LogP contribution in [0.2, 0.25) is 0 Å². The van der Waals surface area contributed by atoms with Gasteiger partial charge in [0, 0.05) is 6.08 Å². The molecule has 0 aliphatic heterocycles. The molecule has 0 radical (unpaired) electrons. The number of esters is 2. The summed E-state index contributed by atoms with van der Waals surface area (Å²) in [7, 11) is 0. The first-order valence-corrected chi connectivity index (χ1v) is 4.12. The highest BCUT2D eigenvalue weighted by molar-refractivity contribution is 5.92. The third kappa shape index (κ3) is 2.19. The maximum atomic E-state index is 11.1. The van der Waals surface area contributed by atoms with E-state index in [4.69, 9.17) is 0 Å². The fourth-order valence-electron chi connectivity index (χ4n) is 1.39. The lowest BCUT2D eigenvalue weighted by Gasteiger charge is -2.05. The molecule has 0 spiro atoms. The Morgan fingerprint density at radius 2 is 1.92 bits per heavy atom. The smallest absolute Gasteiger partial charge is 0.337 e. The Hall–Kier alpha value is -1.12. The molecule has 1 fully saturated rings. The number of hydrogen-bond donors (Lipinski definition) is 0. The minimum atomic E-state index is -0.646. The zero-order valence-corrected chi connectivity index (χ0v) is 6.91. The number of rotatable bonds is 2. The van der Waals surface area contributed by atoms with Crippen molar-refractivity contribution in [2.24, 2.45) is 5.92 Å². The molecule has 0 N–H and O–H groups in total. The number of ether oxygens (including phenoxy) is 1. The van der Waals surface area contributed by atoms with Gasteiger partial charge in [-0.2, -0.15) is 0 Å². The van der Waals surface area contributed by atoms with Crippen LogP contribution in [0.5, 0.6) is 0 Å². The number of hydrogen-bond acceptors (Lipinski definition) is 3. The van der Waals surface area contributed by atoms with Crippen molar-refractivity contribution in [3.05, 3.63) is 12.7 Å². The summed E-state index contributed by atoms with van der Waals surface area (Å²) in [6, 6.07) is 0. The first-order valence-electron chi connectivity index (χ1n) is 4.12. The van der Waals surface area contributed by atoms with Crippen molar-refractivity contribution in [2.75, 3.05) is 0 Å². The fourth-order valence-corrected chi connectivity index (χ4v) is 1.39. The Balaban J connectivity index is 2.36. The van der Waals surface area contributed by atoms with E-state index in [1.165, 1.54) is 0 Å². The highest BCUT2D eigenvalue weighted by atomic mass is 16.6. The van der Waals surface area contributed by atoms with Crippen molar-refractivity contribution >= 4 is 11.9 Å². The molecule has 1 aliphatic rings. The molecule has 0 aromatic rings. The van der Waals surface area contributed by atoms with Gasteiger partial charge < -0.3 is 4.74 Å². The quantitative estimate of drug-likeness (QED) is 0.356. The molecule has 66 valence electrons. The van der Waals surface area contributed by atoms with Crippen molar-refractivity contribution in [3.63, 3.8) is 0 Å². The van der Waals surface area contributed by atoms with E-state index in [0.29, 0.717) is 0 Å². The summed E-state index contributed by atoms with van der Waals surface area (Å²) in [5.41, 5.74) is 0. The highest BCUT2D eigenvalue weighted by Gasteiger charge is 2.25. The van der Waals surface area contributed by atoms with Gasteiger partial charge in [-0.05, 0) is 12.8 Å². The van der Waals surface area contributed by atoms with Crippen LogP contribution in [0.15, 0.2) is 12.7 Å². The van der Waals surface area contributed by atoms with Gasteiger partial charge in [-0.15, -0.1) is 0 Å². The molecule has 0 saturated heterocycles. The Morgan fingerprint density at radius 1 is 1.33 bits per heavy atom. The van der Waals surface area contributed by atoms with Crippen LogP contribution in [0, 0.1) is 5.92 Å². The van der Waals surface area contributed by atoms with Gasteiger partial charge in [0.25, 0.3) is 0 Å². The van der Waals surface area contributed by atoms with Gasteiger partial charge in [0.1, 0.15) is 0 Å². The molecular formula is C9H12O3. The molecule has 0 aromatic heterocycles. The molecule has 3 nitrogen and oxygen atoms in total. The van der Waals surface area contributed by atoms with E-state index in [0.717, 1.165) is 31.8 Å². The highest BCUT2D eigenvalue weighted by Crippen LogP contribution is 2.25. The lowest BCUT2D eigenvalue weighted by Crippen LogP contribution is -2.17. The molecule has 0 heterocycles. The van der Waals surface area contributed by atoms with E-state index in [-0.39, 0.29) is 5.92 Å². The Labute approximate surface area is 71.4 Å². The normalized spacial score (nSPS) is 17.3. The summed E-state index contributed by atoms with van der Waals surface area (Å²) in [6.07, 6.45) is 4.82. The number of carbonyl (C=O) groups excluding carboxylic acids is 2. The minimum Gasteiger partial charge on any atom is -0.390 e. The molecule has 0 atom stereocenters. The second-order valence-corrected chi connectivity index (χ2v) is 2.93. The van der Waals surface area contributed by atoms with Gasteiger partial charge in [-0.3, -0.25) is 4.79 Å². The molecule has 0 amide bonds. The monoisotopic (exact) mass is 168 g/mol. The fraction of sp³-hybridized carbons (Fsp3) is 0.556. The molecular weight excluding hydrogens is 156 g/mol. The Bertz CT molecular complexity index is 202. The second-order valence-electron chi connectivity index (χ2n) is 2.93. The maximum Gasteiger partial charge on any atom is 0.337 e. The largest absolute Gasteiger partial charge is 0.390 e. The lowest BCUT2D eigenvalue weighted by atomic mass is 10.1. The molecule has 1 rings (SSSR count). The van der Waals surface area contributed by atoms with Gasteiger partial charge in [0.15, 0.2) is 0 Å². The SMILES string of the molecule is C=CC(=O)OC(=O)C1CCCC1. The van der Waals surface area contributed by atoms with E-state index in [1.807, 2.05) is 0 Å². The lowest BCUT2D eigenvalue weighted by molar-refractivity contribution is -0.159. The molecule has 3 heteroatoms. The van der Waals surface area contributed by atoms with E-state index in [1.54, 1.807) is 0 Å². The summed E-state index contributed by atoms with van der Waals surface area (Å²) >= 11 is 0. The van der Waals surface area contributed by atoms with Gasteiger partial charge >= 0.3 is 11.9 Å². The third-order valence-corrected chi connectivity index (χ3v) is 2.06. The van der Waals surface area contributed by atoms with E-state index in [2.05, 4.69) is 11.3 Å². The summed E-state index contributed by atoms with van der Waals surface area (Å²) in [5.74, 6) is -1.10. The van der Waals surface area contributed by atoms with Crippen molar-refractivity contribution in [2.45, 2.75) is 25.7 Å². The van der Waals surface area contributed by atoms with Gasteiger partial charge in [0.05, 0.1) is 5.92 Å². The average Bonchev–Trinajstić information content (AvgIpc) is 2.56. The Kier molecular flexibility index (Phi) is 3.02. The van der Waals surface area contributed by atoms with Crippen molar-refractivity contribution in [3.8, 4) is 0 Å². The second kappa shape index (κ2) is 4.04. The standard InChI is InChI=1S/C9H12O3/c1-2-8(10)12-9(11)7-5-3-4-6-7/h2,7H,1,3-6H2. The van der Waals surface area contributed by atoms with Crippen molar-refractivity contribution in [1.29, 1.82) is 0 Å². The summed E-state index contributed by atoms with van der Waals surface area (Å²) < 4.78 is 4.49. The van der Waals surface area contributed by atoms with E-state index in [9.17, 15) is 9.59 Å². The molecule has 1 aliphatic carbocycles. The molecule has 0 aromatic carbocycles. The van der Waals surface area contributed by atoms with E-state index >= 15 is 0 Å². The van der Waals surface area contributed by atoms with Crippen LogP contribution < -0.4 is 0 Å². The molecule has 12 heavy (non-hydrogen) atoms. The number of carbonyl (C=O) groups is 2. The zero-order chi connectivity index (χ0) is 8.97.